The van der Waals surface area contributed by atoms with Crippen molar-refractivity contribution >= 4 is 60.2 Å². The van der Waals surface area contributed by atoms with Gasteiger partial charge in [0, 0.05) is 16.8 Å². The summed E-state index contributed by atoms with van der Waals surface area (Å²) in [4.78, 5) is 2.42. The highest BCUT2D eigenvalue weighted by atomic mass is 15.1. The number of hydrogen-bond donors (Lipinski definition) is 0. The molecular weight excluding hydrogens is 639 g/mol. The molecule has 0 aliphatic carbocycles. The van der Waals surface area contributed by atoms with E-state index in [1.807, 2.05) is 0 Å². The zero-order chi connectivity index (χ0) is 34.9. The van der Waals surface area contributed by atoms with Gasteiger partial charge in [-0.3, -0.25) is 0 Å². The van der Waals surface area contributed by atoms with E-state index in [9.17, 15) is 0 Å². The summed E-state index contributed by atoms with van der Waals surface area (Å²) in [5, 5.41) is 10.3. The molecule has 1 aliphatic rings. The van der Waals surface area contributed by atoms with Crippen molar-refractivity contribution in [1.82, 2.24) is 0 Å². The molecule has 0 unspecified atom stereocenters. The molecule has 246 valence electrons. The molecule has 10 aromatic rings. The van der Waals surface area contributed by atoms with Gasteiger partial charge in [0.2, 0.25) is 0 Å². The molecule has 0 fully saturated rings. The number of hydrogen-bond acceptors (Lipinski definition) is 1. The Kier molecular flexibility index (Phi) is 6.62. The Labute approximate surface area is 308 Å². The maximum absolute atomic E-state index is 2.42. The van der Waals surface area contributed by atoms with E-state index < -0.39 is 0 Å². The second kappa shape index (κ2) is 11.8. The van der Waals surface area contributed by atoms with Crippen LogP contribution in [0.2, 0.25) is 0 Å². The van der Waals surface area contributed by atoms with Gasteiger partial charge >= 0.3 is 0 Å². The highest BCUT2D eigenvalue weighted by Crippen LogP contribution is 2.51. The Hall–Kier alpha value is -6.96. The molecule has 11 rings (SSSR count). The molecule has 1 aliphatic heterocycles. The minimum atomic E-state index is 1.15. The Morgan fingerprint density at radius 3 is 1.32 bits per heavy atom. The first-order valence-electron chi connectivity index (χ1n) is 18.4. The molecule has 1 heteroatoms. The molecule has 53 heavy (non-hydrogen) atoms. The van der Waals surface area contributed by atoms with E-state index in [0.29, 0.717) is 0 Å². The van der Waals surface area contributed by atoms with E-state index in [2.05, 4.69) is 205 Å². The normalized spacial score (nSPS) is 12.1. The lowest BCUT2D eigenvalue weighted by atomic mass is 9.88. The maximum Gasteiger partial charge on any atom is 0.0540 e. The van der Waals surface area contributed by atoms with Gasteiger partial charge < -0.3 is 4.90 Å². The molecule has 0 saturated carbocycles. The van der Waals surface area contributed by atoms with Crippen molar-refractivity contribution in [3.63, 3.8) is 0 Å². The summed E-state index contributed by atoms with van der Waals surface area (Å²) in [7, 11) is 0. The van der Waals surface area contributed by atoms with Crippen LogP contribution in [-0.2, 0) is 0 Å². The van der Waals surface area contributed by atoms with Crippen molar-refractivity contribution in [3.8, 4) is 44.5 Å². The van der Waals surface area contributed by atoms with Crippen LogP contribution in [0.1, 0.15) is 0 Å². The topological polar surface area (TPSA) is 3.24 Å². The first kappa shape index (κ1) is 29.7. The lowest BCUT2D eigenvalue weighted by Gasteiger charge is -2.27. The molecular formula is C52H33N. The Morgan fingerprint density at radius 2 is 0.660 bits per heavy atom. The first-order valence-corrected chi connectivity index (χ1v) is 18.4. The average Bonchev–Trinajstić information content (AvgIpc) is 3.36. The summed E-state index contributed by atoms with van der Waals surface area (Å²) >= 11 is 0. The summed E-state index contributed by atoms with van der Waals surface area (Å²) in [6.45, 7) is 0. The third-order valence-electron chi connectivity index (χ3n) is 11.2. The van der Waals surface area contributed by atoms with E-state index in [0.717, 1.165) is 5.69 Å². The standard InChI is InChI=1S/C52H33N/c1-2-14-36(15-3-1)53-51-27-11-10-22-48(51)44-19-7-9-21-46(44)50-33-35(29-31-52(50)53)38-24-13-25-39-37(23-12-26-40(38)39)34-28-30-47-43-18-5-4-16-41(43)42-17-6-8-20-45(42)49(47)32-34/h1-33H. The summed E-state index contributed by atoms with van der Waals surface area (Å²) < 4.78 is 0. The second-order valence-corrected chi connectivity index (χ2v) is 14.0. The van der Waals surface area contributed by atoms with E-state index in [-0.39, 0.29) is 0 Å². The van der Waals surface area contributed by atoms with Crippen LogP contribution in [0.4, 0.5) is 17.1 Å². The van der Waals surface area contributed by atoms with Gasteiger partial charge in [0.15, 0.2) is 0 Å². The summed E-state index contributed by atoms with van der Waals surface area (Å²) in [6.07, 6.45) is 0. The van der Waals surface area contributed by atoms with Gasteiger partial charge in [-0.2, -0.15) is 0 Å². The first-order chi connectivity index (χ1) is 26.3. The number of benzene rings is 10. The molecule has 10 aromatic carbocycles. The average molecular weight is 672 g/mol. The fourth-order valence-corrected chi connectivity index (χ4v) is 8.84. The molecule has 0 amide bonds. The highest BCUT2D eigenvalue weighted by Gasteiger charge is 2.26. The van der Waals surface area contributed by atoms with Gasteiger partial charge in [-0.15, -0.1) is 0 Å². The van der Waals surface area contributed by atoms with E-state index in [4.69, 9.17) is 0 Å². The van der Waals surface area contributed by atoms with Crippen LogP contribution in [0.25, 0.3) is 87.6 Å². The van der Waals surface area contributed by atoms with Crippen LogP contribution in [-0.4, -0.2) is 0 Å². The molecule has 1 heterocycles. The summed E-state index contributed by atoms with van der Waals surface area (Å²) in [5.74, 6) is 0. The van der Waals surface area contributed by atoms with Crippen molar-refractivity contribution < 1.29 is 0 Å². The van der Waals surface area contributed by atoms with E-state index >= 15 is 0 Å². The van der Waals surface area contributed by atoms with Crippen LogP contribution >= 0.6 is 0 Å². The largest absolute Gasteiger partial charge is 0.309 e. The third kappa shape index (κ3) is 4.58. The minimum absolute atomic E-state index is 1.15. The van der Waals surface area contributed by atoms with Gasteiger partial charge in [-0.25, -0.2) is 0 Å². The zero-order valence-corrected chi connectivity index (χ0v) is 29.0. The smallest absolute Gasteiger partial charge is 0.0540 e. The Morgan fingerprint density at radius 1 is 0.226 bits per heavy atom. The number of fused-ring (bicyclic) bond motifs is 12. The van der Waals surface area contributed by atoms with Gasteiger partial charge in [0.1, 0.15) is 0 Å². The lowest BCUT2D eigenvalue weighted by Crippen LogP contribution is -2.10. The minimum Gasteiger partial charge on any atom is -0.309 e. The predicted molar refractivity (Wildman–Crippen MR) is 226 cm³/mol. The second-order valence-electron chi connectivity index (χ2n) is 14.0. The zero-order valence-electron chi connectivity index (χ0n) is 29.0. The number of anilines is 3. The van der Waals surface area contributed by atoms with Crippen LogP contribution in [0.5, 0.6) is 0 Å². The molecule has 0 atom stereocenters. The molecule has 1 nitrogen and oxygen atoms in total. The van der Waals surface area contributed by atoms with E-state index in [1.165, 1.54) is 99.0 Å². The van der Waals surface area contributed by atoms with Crippen molar-refractivity contribution in [3.05, 3.63) is 200 Å². The SMILES string of the molecule is c1ccc(N2c3ccccc3-c3ccccc3-c3cc(-c4cccc5c(-c6ccc7c8ccccc8c8ccccc8c7c6)cccc45)ccc32)cc1. The van der Waals surface area contributed by atoms with Crippen LogP contribution in [0.15, 0.2) is 200 Å². The van der Waals surface area contributed by atoms with Gasteiger partial charge in [0.05, 0.1) is 11.4 Å². The molecule has 0 spiro atoms. The fraction of sp³-hybridized carbons (Fsp3) is 0. The van der Waals surface area contributed by atoms with Crippen LogP contribution in [0.3, 0.4) is 0 Å². The molecule has 0 N–H and O–H groups in total. The van der Waals surface area contributed by atoms with Crippen molar-refractivity contribution in [2.24, 2.45) is 0 Å². The molecule has 0 saturated heterocycles. The molecule has 0 bridgehead atoms. The number of para-hydroxylation sites is 2. The highest BCUT2D eigenvalue weighted by molar-refractivity contribution is 6.26. The predicted octanol–water partition coefficient (Wildman–Crippen LogP) is 14.8. The summed E-state index contributed by atoms with van der Waals surface area (Å²) in [5.41, 5.74) is 13.4. The number of nitrogens with zero attached hydrogens (tertiary/aromatic N) is 1. The summed E-state index contributed by atoms with van der Waals surface area (Å²) in [6, 6.07) is 73.6. The number of rotatable bonds is 3. The van der Waals surface area contributed by atoms with Crippen molar-refractivity contribution in [2.75, 3.05) is 4.90 Å². The van der Waals surface area contributed by atoms with Gasteiger partial charge in [-0.05, 0) is 113 Å². The third-order valence-corrected chi connectivity index (χ3v) is 11.2. The maximum atomic E-state index is 2.42. The molecule has 0 aromatic heterocycles. The quantitative estimate of drug-likeness (QED) is 0.169. The van der Waals surface area contributed by atoms with Crippen LogP contribution < -0.4 is 4.90 Å². The Bertz CT molecular complexity index is 3030. The van der Waals surface area contributed by atoms with Crippen molar-refractivity contribution in [1.29, 1.82) is 0 Å². The lowest BCUT2D eigenvalue weighted by molar-refractivity contribution is 1.29. The monoisotopic (exact) mass is 671 g/mol. The van der Waals surface area contributed by atoms with Crippen LogP contribution in [0, 0.1) is 0 Å². The van der Waals surface area contributed by atoms with Gasteiger partial charge in [-0.1, -0.05) is 164 Å². The fourth-order valence-electron chi connectivity index (χ4n) is 8.84. The van der Waals surface area contributed by atoms with Crippen molar-refractivity contribution in [2.45, 2.75) is 0 Å². The Balaban J connectivity index is 1.11. The van der Waals surface area contributed by atoms with Gasteiger partial charge in [0.25, 0.3) is 0 Å². The van der Waals surface area contributed by atoms with E-state index in [1.54, 1.807) is 0 Å². The molecule has 0 radical (unpaired) electrons.